The molecule has 0 unspecified atom stereocenters. The standard InChI is InChI=1S/C17H19N3O/c1-2-6-17-16(5-1)14(12-21-17)10-20-8-3-4-15(20)11-19-9-7-18-13-19/h1-2,5-7,9,12-13,15H,3-4,8,10-11H2/t15-/m0/s1. The lowest BCUT2D eigenvalue weighted by Crippen LogP contribution is -2.32. The normalized spacial score (nSPS) is 19.5. The van der Waals surface area contributed by atoms with Crippen LogP contribution < -0.4 is 0 Å². The molecule has 2 aromatic heterocycles. The van der Waals surface area contributed by atoms with Gasteiger partial charge in [0.25, 0.3) is 0 Å². The van der Waals surface area contributed by atoms with Crippen LogP contribution in [0, 0.1) is 0 Å². The van der Waals surface area contributed by atoms with Gasteiger partial charge in [0.2, 0.25) is 0 Å². The smallest absolute Gasteiger partial charge is 0.134 e. The van der Waals surface area contributed by atoms with Crippen LogP contribution in [0.3, 0.4) is 0 Å². The minimum atomic E-state index is 0.591. The maximum atomic E-state index is 5.66. The van der Waals surface area contributed by atoms with E-state index in [1.165, 1.54) is 30.3 Å². The Morgan fingerprint density at radius 1 is 1.29 bits per heavy atom. The first-order chi connectivity index (χ1) is 10.4. The van der Waals surface area contributed by atoms with Crippen molar-refractivity contribution in [3.05, 3.63) is 54.8 Å². The average molecular weight is 281 g/mol. The number of furan rings is 1. The highest BCUT2D eigenvalue weighted by Crippen LogP contribution is 2.26. The molecule has 0 aliphatic carbocycles. The first-order valence-electron chi connectivity index (χ1n) is 7.55. The molecule has 3 heterocycles. The van der Waals surface area contributed by atoms with Crippen LogP contribution in [-0.2, 0) is 13.1 Å². The molecule has 0 bridgehead atoms. The Bertz CT molecular complexity index is 717. The molecule has 0 spiro atoms. The van der Waals surface area contributed by atoms with E-state index in [-0.39, 0.29) is 0 Å². The molecular weight excluding hydrogens is 262 g/mol. The lowest BCUT2D eigenvalue weighted by molar-refractivity contribution is 0.224. The van der Waals surface area contributed by atoms with E-state index in [4.69, 9.17) is 4.42 Å². The van der Waals surface area contributed by atoms with Crippen LogP contribution in [0.4, 0.5) is 0 Å². The predicted octanol–water partition coefficient (Wildman–Crippen LogP) is 3.29. The second-order valence-corrected chi connectivity index (χ2v) is 5.78. The first-order valence-corrected chi connectivity index (χ1v) is 7.55. The van der Waals surface area contributed by atoms with Crippen molar-refractivity contribution in [3.63, 3.8) is 0 Å². The van der Waals surface area contributed by atoms with Gasteiger partial charge in [-0.1, -0.05) is 18.2 Å². The highest BCUT2D eigenvalue weighted by atomic mass is 16.3. The third-order valence-corrected chi connectivity index (χ3v) is 4.41. The Labute approximate surface area is 124 Å². The molecule has 21 heavy (non-hydrogen) atoms. The molecule has 4 heteroatoms. The number of fused-ring (bicyclic) bond motifs is 1. The summed E-state index contributed by atoms with van der Waals surface area (Å²) in [5.74, 6) is 0. The number of aromatic nitrogens is 2. The van der Waals surface area contributed by atoms with Gasteiger partial charge in [0.05, 0.1) is 12.6 Å². The molecule has 1 aliphatic heterocycles. The van der Waals surface area contributed by atoms with E-state index >= 15 is 0 Å². The largest absolute Gasteiger partial charge is 0.464 e. The van der Waals surface area contributed by atoms with Crippen molar-refractivity contribution in [3.8, 4) is 0 Å². The van der Waals surface area contributed by atoms with E-state index in [2.05, 4.69) is 26.6 Å². The topological polar surface area (TPSA) is 34.2 Å². The van der Waals surface area contributed by atoms with Crippen LogP contribution in [0.2, 0.25) is 0 Å². The Hall–Kier alpha value is -2.07. The summed E-state index contributed by atoms with van der Waals surface area (Å²) in [6.07, 6.45) is 10.2. The van der Waals surface area contributed by atoms with Crippen LogP contribution in [0.15, 0.2) is 53.7 Å². The number of hydrogen-bond acceptors (Lipinski definition) is 3. The summed E-state index contributed by atoms with van der Waals surface area (Å²) in [6, 6.07) is 8.87. The molecule has 108 valence electrons. The van der Waals surface area contributed by atoms with E-state index in [0.29, 0.717) is 6.04 Å². The van der Waals surface area contributed by atoms with Gasteiger partial charge < -0.3 is 8.98 Å². The van der Waals surface area contributed by atoms with E-state index in [1.54, 1.807) is 0 Å². The van der Waals surface area contributed by atoms with Gasteiger partial charge >= 0.3 is 0 Å². The minimum absolute atomic E-state index is 0.591. The molecule has 0 saturated carbocycles. The molecule has 4 nitrogen and oxygen atoms in total. The van der Waals surface area contributed by atoms with E-state index < -0.39 is 0 Å². The SMILES string of the molecule is c1ccc2c(CN3CCC[C@H]3Cn3ccnc3)coc2c1. The highest BCUT2D eigenvalue weighted by molar-refractivity contribution is 5.80. The van der Waals surface area contributed by atoms with Crippen molar-refractivity contribution in [2.75, 3.05) is 6.54 Å². The molecule has 0 N–H and O–H groups in total. The number of hydrogen-bond donors (Lipinski definition) is 0. The monoisotopic (exact) mass is 281 g/mol. The summed E-state index contributed by atoms with van der Waals surface area (Å²) in [5, 5.41) is 1.24. The van der Waals surface area contributed by atoms with Crippen LogP contribution in [0.25, 0.3) is 11.0 Å². The second-order valence-electron chi connectivity index (χ2n) is 5.78. The molecule has 0 radical (unpaired) electrons. The zero-order chi connectivity index (χ0) is 14.1. The zero-order valence-electron chi connectivity index (χ0n) is 12.0. The van der Waals surface area contributed by atoms with Crippen molar-refractivity contribution in [1.82, 2.24) is 14.5 Å². The van der Waals surface area contributed by atoms with Crippen LogP contribution >= 0.6 is 0 Å². The fraction of sp³-hybridized carbons (Fsp3) is 0.353. The van der Waals surface area contributed by atoms with Gasteiger partial charge in [0.1, 0.15) is 5.58 Å². The van der Waals surface area contributed by atoms with Gasteiger partial charge in [-0.15, -0.1) is 0 Å². The summed E-state index contributed by atoms with van der Waals surface area (Å²) in [6.45, 7) is 3.16. The van der Waals surface area contributed by atoms with Crippen molar-refractivity contribution < 1.29 is 4.42 Å². The van der Waals surface area contributed by atoms with Crippen LogP contribution in [-0.4, -0.2) is 27.0 Å². The van der Waals surface area contributed by atoms with E-state index in [0.717, 1.165) is 18.7 Å². The molecule has 1 aromatic carbocycles. The van der Waals surface area contributed by atoms with Gasteiger partial charge in [-0.05, 0) is 25.5 Å². The molecule has 1 atom stereocenters. The van der Waals surface area contributed by atoms with E-state index in [1.807, 2.05) is 37.1 Å². The van der Waals surface area contributed by atoms with Crippen LogP contribution in [0.1, 0.15) is 18.4 Å². The molecule has 4 rings (SSSR count). The number of para-hydroxylation sites is 1. The first kappa shape index (κ1) is 12.7. The molecule has 0 amide bonds. The average Bonchev–Trinajstić information content (AvgIpc) is 3.23. The third-order valence-electron chi connectivity index (χ3n) is 4.41. The molecule has 1 fully saturated rings. The van der Waals surface area contributed by atoms with Crippen molar-refractivity contribution >= 4 is 11.0 Å². The predicted molar refractivity (Wildman–Crippen MR) is 81.9 cm³/mol. The molecule has 3 aromatic rings. The van der Waals surface area contributed by atoms with Gasteiger partial charge in [0.15, 0.2) is 0 Å². The lowest BCUT2D eigenvalue weighted by atomic mass is 10.1. The molecule has 1 saturated heterocycles. The summed E-state index contributed by atoms with van der Waals surface area (Å²) in [5.41, 5.74) is 2.28. The minimum Gasteiger partial charge on any atom is -0.464 e. The van der Waals surface area contributed by atoms with Gasteiger partial charge in [-0.2, -0.15) is 0 Å². The summed E-state index contributed by atoms with van der Waals surface area (Å²) < 4.78 is 7.84. The fourth-order valence-electron chi connectivity index (χ4n) is 3.32. The maximum absolute atomic E-state index is 5.66. The number of benzene rings is 1. The third kappa shape index (κ3) is 2.47. The van der Waals surface area contributed by atoms with Crippen molar-refractivity contribution in [1.29, 1.82) is 0 Å². The summed E-state index contributed by atoms with van der Waals surface area (Å²) >= 11 is 0. The molecular formula is C17H19N3O. The van der Waals surface area contributed by atoms with E-state index in [9.17, 15) is 0 Å². The maximum Gasteiger partial charge on any atom is 0.134 e. The quantitative estimate of drug-likeness (QED) is 0.736. The van der Waals surface area contributed by atoms with Crippen LogP contribution in [0.5, 0.6) is 0 Å². The Morgan fingerprint density at radius 2 is 2.24 bits per heavy atom. The number of likely N-dealkylation sites (tertiary alicyclic amines) is 1. The Kier molecular flexibility index (Phi) is 3.24. The Balaban J connectivity index is 1.53. The molecule has 1 aliphatic rings. The lowest BCUT2D eigenvalue weighted by Gasteiger charge is -2.24. The highest BCUT2D eigenvalue weighted by Gasteiger charge is 2.25. The summed E-state index contributed by atoms with van der Waals surface area (Å²) in [4.78, 5) is 6.70. The number of rotatable bonds is 4. The summed E-state index contributed by atoms with van der Waals surface area (Å²) in [7, 11) is 0. The van der Waals surface area contributed by atoms with Gasteiger partial charge in [-0.25, -0.2) is 4.98 Å². The second kappa shape index (κ2) is 5.37. The fourth-order valence-corrected chi connectivity index (χ4v) is 3.32. The van der Waals surface area contributed by atoms with Gasteiger partial charge in [-0.3, -0.25) is 4.90 Å². The Morgan fingerprint density at radius 3 is 3.14 bits per heavy atom. The number of imidazole rings is 1. The van der Waals surface area contributed by atoms with Crippen molar-refractivity contribution in [2.45, 2.75) is 32.0 Å². The van der Waals surface area contributed by atoms with Crippen molar-refractivity contribution in [2.24, 2.45) is 0 Å². The van der Waals surface area contributed by atoms with Gasteiger partial charge in [0, 0.05) is 42.5 Å². The number of nitrogens with zero attached hydrogens (tertiary/aromatic N) is 3. The zero-order valence-corrected chi connectivity index (χ0v) is 12.0.